The van der Waals surface area contributed by atoms with Gasteiger partial charge < -0.3 is 5.32 Å². The maximum Gasteiger partial charge on any atom is 0.123 e. The molecule has 1 aliphatic rings. The Morgan fingerprint density at radius 3 is 2.94 bits per heavy atom. The summed E-state index contributed by atoms with van der Waals surface area (Å²) >= 11 is 1.85. The van der Waals surface area contributed by atoms with E-state index in [9.17, 15) is 4.39 Å². The summed E-state index contributed by atoms with van der Waals surface area (Å²) in [6.45, 7) is 3.00. The highest BCUT2D eigenvalue weighted by Gasteiger charge is 2.20. The average Bonchev–Trinajstić information content (AvgIpc) is 3.13. The van der Waals surface area contributed by atoms with Crippen molar-refractivity contribution in [2.75, 3.05) is 5.75 Å². The molecule has 0 spiro atoms. The Hall–Kier alpha value is -0.540. The number of benzene rings is 1. The highest BCUT2D eigenvalue weighted by molar-refractivity contribution is 7.99. The predicted octanol–water partition coefficient (Wildman–Crippen LogP) is 3.97. The van der Waals surface area contributed by atoms with Gasteiger partial charge in [0, 0.05) is 17.5 Å². The van der Waals surface area contributed by atoms with Crippen LogP contribution in [0.1, 0.15) is 38.2 Å². The van der Waals surface area contributed by atoms with Crippen LogP contribution in [0.15, 0.2) is 23.1 Å². The van der Waals surface area contributed by atoms with Crippen LogP contribution in [0.2, 0.25) is 0 Å². The summed E-state index contributed by atoms with van der Waals surface area (Å²) in [6, 6.07) is 5.82. The molecule has 0 unspecified atom stereocenters. The number of thioether (sulfide) groups is 1. The van der Waals surface area contributed by atoms with Crippen LogP contribution in [0, 0.1) is 5.82 Å². The van der Waals surface area contributed by atoms with E-state index in [0.717, 1.165) is 17.9 Å². The second-order valence-electron chi connectivity index (χ2n) is 4.61. The molecule has 0 bridgehead atoms. The van der Waals surface area contributed by atoms with E-state index >= 15 is 0 Å². The lowest BCUT2D eigenvalue weighted by atomic mass is 10.2. The normalized spacial score (nSPS) is 15.2. The third kappa shape index (κ3) is 4.32. The van der Waals surface area contributed by atoms with Crippen molar-refractivity contribution in [3.63, 3.8) is 0 Å². The van der Waals surface area contributed by atoms with Gasteiger partial charge in [-0.05, 0) is 48.8 Å². The molecule has 0 aromatic heterocycles. The smallest absolute Gasteiger partial charge is 0.123 e. The Kier molecular flexibility index (Phi) is 4.86. The van der Waals surface area contributed by atoms with E-state index in [-0.39, 0.29) is 5.82 Å². The summed E-state index contributed by atoms with van der Waals surface area (Å²) in [5.74, 6) is 0.996. The molecule has 0 heterocycles. The van der Waals surface area contributed by atoms with Gasteiger partial charge in [-0.2, -0.15) is 0 Å². The average molecular weight is 253 g/mol. The molecule has 0 radical (unpaired) electrons. The lowest BCUT2D eigenvalue weighted by Gasteiger charge is -2.10. The minimum atomic E-state index is -0.127. The van der Waals surface area contributed by atoms with Crippen LogP contribution in [0.3, 0.4) is 0 Å². The molecule has 1 fully saturated rings. The van der Waals surface area contributed by atoms with Crippen molar-refractivity contribution in [3.05, 3.63) is 29.6 Å². The molecule has 1 aromatic rings. The molecule has 0 atom stereocenters. The van der Waals surface area contributed by atoms with Crippen molar-refractivity contribution in [2.45, 2.75) is 50.1 Å². The highest BCUT2D eigenvalue weighted by atomic mass is 32.2. The van der Waals surface area contributed by atoms with E-state index in [4.69, 9.17) is 0 Å². The van der Waals surface area contributed by atoms with E-state index < -0.39 is 0 Å². The van der Waals surface area contributed by atoms with Crippen molar-refractivity contribution in [1.82, 2.24) is 5.32 Å². The van der Waals surface area contributed by atoms with Gasteiger partial charge >= 0.3 is 0 Å². The molecular formula is C14H20FNS. The van der Waals surface area contributed by atoms with Gasteiger partial charge in [0.05, 0.1) is 0 Å². The first-order chi connectivity index (χ1) is 8.29. The van der Waals surface area contributed by atoms with Crippen LogP contribution in [-0.4, -0.2) is 11.8 Å². The third-order valence-corrected chi connectivity index (χ3v) is 4.14. The number of rotatable bonds is 7. The van der Waals surface area contributed by atoms with Crippen LogP contribution in [0.4, 0.5) is 4.39 Å². The van der Waals surface area contributed by atoms with Gasteiger partial charge in [-0.1, -0.05) is 13.3 Å². The Balaban J connectivity index is 1.95. The van der Waals surface area contributed by atoms with Gasteiger partial charge in [0.15, 0.2) is 0 Å². The maximum absolute atomic E-state index is 13.2. The second kappa shape index (κ2) is 6.41. The van der Waals surface area contributed by atoms with Crippen molar-refractivity contribution >= 4 is 11.8 Å². The van der Waals surface area contributed by atoms with E-state index in [0.29, 0.717) is 6.04 Å². The lowest BCUT2D eigenvalue weighted by molar-refractivity contribution is 0.616. The molecule has 0 amide bonds. The zero-order valence-electron chi connectivity index (χ0n) is 10.3. The first-order valence-electron chi connectivity index (χ1n) is 6.44. The lowest BCUT2D eigenvalue weighted by Crippen LogP contribution is -2.16. The number of nitrogens with one attached hydrogen (secondary N) is 1. The van der Waals surface area contributed by atoms with Crippen molar-refractivity contribution < 1.29 is 4.39 Å². The van der Waals surface area contributed by atoms with Gasteiger partial charge in [0.25, 0.3) is 0 Å². The molecule has 94 valence electrons. The van der Waals surface area contributed by atoms with Crippen molar-refractivity contribution in [3.8, 4) is 0 Å². The molecular weight excluding hydrogens is 233 g/mol. The number of halogens is 1. The van der Waals surface area contributed by atoms with Gasteiger partial charge in [0.1, 0.15) is 5.82 Å². The molecule has 3 heteroatoms. The van der Waals surface area contributed by atoms with Crippen LogP contribution in [0.5, 0.6) is 0 Å². The number of unbranched alkanes of at least 4 members (excludes halogenated alkanes) is 1. The summed E-state index contributed by atoms with van der Waals surface area (Å²) in [7, 11) is 0. The first kappa shape index (κ1) is 12.9. The molecule has 1 saturated carbocycles. The summed E-state index contributed by atoms with van der Waals surface area (Å²) in [6.07, 6.45) is 4.97. The van der Waals surface area contributed by atoms with Gasteiger partial charge in [-0.25, -0.2) is 4.39 Å². The molecule has 17 heavy (non-hydrogen) atoms. The summed E-state index contributed by atoms with van der Waals surface area (Å²) in [4.78, 5) is 1.23. The highest BCUT2D eigenvalue weighted by Crippen LogP contribution is 2.26. The Labute approximate surface area is 107 Å². The second-order valence-corrected chi connectivity index (χ2v) is 5.75. The maximum atomic E-state index is 13.2. The summed E-state index contributed by atoms with van der Waals surface area (Å²) in [5, 5.41) is 3.45. The van der Waals surface area contributed by atoms with E-state index in [1.807, 2.05) is 17.8 Å². The fourth-order valence-electron chi connectivity index (χ4n) is 1.70. The van der Waals surface area contributed by atoms with E-state index in [1.54, 1.807) is 12.1 Å². The molecule has 1 N–H and O–H groups in total. The standard InChI is InChI=1S/C14H20FNS/c1-2-3-8-17-14-7-4-12(15)9-11(14)10-16-13-5-6-13/h4,7,9,13,16H,2-3,5-6,8,10H2,1H3. The quantitative estimate of drug-likeness (QED) is 0.583. The van der Waals surface area contributed by atoms with Gasteiger partial charge in [0.2, 0.25) is 0 Å². The zero-order chi connectivity index (χ0) is 12.1. The van der Waals surface area contributed by atoms with Crippen LogP contribution >= 0.6 is 11.8 Å². The monoisotopic (exact) mass is 253 g/mol. The molecule has 1 aromatic carbocycles. The fourth-order valence-corrected chi connectivity index (χ4v) is 2.83. The van der Waals surface area contributed by atoms with Gasteiger partial charge in [-0.3, -0.25) is 0 Å². The molecule has 1 aliphatic carbocycles. The number of hydrogen-bond acceptors (Lipinski definition) is 2. The van der Waals surface area contributed by atoms with Gasteiger partial charge in [-0.15, -0.1) is 11.8 Å². The largest absolute Gasteiger partial charge is 0.310 e. The van der Waals surface area contributed by atoms with Crippen LogP contribution in [-0.2, 0) is 6.54 Å². The van der Waals surface area contributed by atoms with E-state index in [2.05, 4.69) is 12.2 Å². The minimum absolute atomic E-state index is 0.127. The molecule has 0 aliphatic heterocycles. The van der Waals surface area contributed by atoms with E-state index in [1.165, 1.54) is 30.6 Å². The molecule has 2 rings (SSSR count). The molecule has 0 saturated heterocycles. The fraction of sp³-hybridized carbons (Fsp3) is 0.571. The SMILES string of the molecule is CCCCSc1ccc(F)cc1CNC1CC1. The van der Waals surface area contributed by atoms with Crippen LogP contribution < -0.4 is 5.32 Å². The first-order valence-corrected chi connectivity index (χ1v) is 7.42. The topological polar surface area (TPSA) is 12.0 Å². The zero-order valence-corrected chi connectivity index (χ0v) is 11.2. The summed E-state index contributed by atoms with van der Waals surface area (Å²) < 4.78 is 13.2. The molecule has 1 nitrogen and oxygen atoms in total. The number of hydrogen-bond donors (Lipinski definition) is 1. The predicted molar refractivity (Wildman–Crippen MR) is 71.9 cm³/mol. The van der Waals surface area contributed by atoms with Crippen molar-refractivity contribution in [2.24, 2.45) is 0 Å². The third-order valence-electron chi connectivity index (χ3n) is 2.94. The van der Waals surface area contributed by atoms with Crippen molar-refractivity contribution in [1.29, 1.82) is 0 Å². The summed E-state index contributed by atoms with van der Waals surface area (Å²) in [5.41, 5.74) is 1.11. The Morgan fingerprint density at radius 1 is 1.41 bits per heavy atom. The van der Waals surface area contributed by atoms with Crippen LogP contribution in [0.25, 0.3) is 0 Å². The minimum Gasteiger partial charge on any atom is -0.310 e. The Morgan fingerprint density at radius 2 is 2.24 bits per heavy atom. The Bertz CT molecular complexity index is 363.